The lowest BCUT2D eigenvalue weighted by atomic mass is 10.1. The van der Waals surface area contributed by atoms with Crippen molar-refractivity contribution in [1.82, 2.24) is 0 Å². The standard InChI is InChI=1S/C14H8F5N3O2/c1-6(7-3-2-4-8(5-7)22(23)24)20-21-14-12(18)10(16)9(15)11(17)13(14)19/h2-5,21H,1H3. The number of anilines is 1. The Labute approximate surface area is 131 Å². The fourth-order valence-corrected chi connectivity index (χ4v) is 1.75. The van der Waals surface area contributed by atoms with E-state index in [1.54, 1.807) is 5.43 Å². The topological polar surface area (TPSA) is 67.5 Å². The molecule has 0 aromatic heterocycles. The maximum absolute atomic E-state index is 13.5. The maximum Gasteiger partial charge on any atom is 0.270 e. The summed E-state index contributed by atoms with van der Waals surface area (Å²) in [5.74, 6) is -10.6. The molecule has 0 heterocycles. The molecule has 0 unspecified atom stereocenters. The van der Waals surface area contributed by atoms with Crippen molar-refractivity contribution < 1.29 is 26.9 Å². The van der Waals surface area contributed by atoms with Gasteiger partial charge in [-0.05, 0) is 6.92 Å². The zero-order valence-corrected chi connectivity index (χ0v) is 11.9. The fraction of sp³-hybridized carbons (Fsp3) is 0.0714. The molecule has 0 bridgehead atoms. The van der Waals surface area contributed by atoms with Gasteiger partial charge in [0.25, 0.3) is 5.69 Å². The number of benzene rings is 2. The summed E-state index contributed by atoms with van der Waals surface area (Å²) in [6.45, 7) is 1.33. The van der Waals surface area contributed by atoms with E-state index < -0.39 is 39.7 Å². The highest BCUT2D eigenvalue weighted by Gasteiger charge is 2.25. The van der Waals surface area contributed by atoms with Crippen LogP contribution in [0.4, 0.5) is 33.3 Å². The highest BCUT2D eigenvalue weighted by atomic mass is 19.2. The molecule has 0 saturated carbocycles. The van der Waals surface area contributed by atoms with Gasteiger partial charge in [0, 0.05) is 17.7 Å². The van der Waals surface area contributed by atoms with E-state index in [-0.39, 0.29) is 17.0 Å². The first kappa shape index (κ1) is 17.3. The summed E-state index contributed by atoms with van der Waals surface area (Å²) in [5.41, 5.74) is 0.437. The molecule has 126 valence electrons. The van der Waals surface area contributed by atoms with Crippen LogP contribution in [0.3, 0.4) is 0 Å². The first-order valence-corrected chi connectivity index (χ1v) is 6.30. The average molecular weight is 345 g/mol. The van der Waals surface area contributed by atoms with Gasteiger partial charge >= 0.3 is 0 Å². The largest absolute Gasteiger partial charge is 0.272 e. The Bertz CT molecular complexity index is 826. The van der Waals surface area contributed by atoms with Crippen molar-refractivity contribution in [1.29, 1.82) is 0 Å². The highest BCUT2D eigenvalue weighted by Crippen LogP contribution is 2.27. The second-order valence-electron chi connectivity index (χ2n) is 4.56. The summed E-state index contributed by atoms with van der Waals surface area (Å²) in [6.07, 6.45) is 0. The van der Waals surface area contributed by atoms with Crippen molar-refractivity contribution in [3.05, 3.63) is 69.0 Å². The predicted octanol–water partition coefficient (Wildman–Crippen LogP) is 4.13. The number of non-ortho nitro benzene ring substituents is 1. The number of nitrogens with one attached hydrogen (secondary N) is 1. The lowest BCUT2D eigenvalue weighted by Crippen LogP contribution is -2.08. The number of nitro groups is 1. The molecule has 0 radical (unpaired) electrons. The van der Waals surface area contributed by atoms with Crippen molar-refractivity contribution in [3.63, 3.8) is 0 Å². The molecule has 0 fully saturated rings. The van der Waals surface area contributed by atoms with Crippen molar-refractivity contribution in [2.24, 2.45) is 5.10 Å². The molecule has 0 aliphatic carbocycles. The van der Waals surface area contributed by atoms with E-state index in [1.165, 1.54) is 25.1 Å². The average Bonchev–Trinajstić information content (AvgIpc) is 2.58. The van der Waals surface area contributed by atoms with E-state index in [4.69, 9.17) is 0 Å². The quantitative estimate of drug-likeness (QED) is 0.226. The summed E-state index contributed by atoms with van der Waals surface area (Å²) in [6, 6.07) is 5.13. The molecule has 2 aromatic rings. The Morgan fingerprint density at radius 2 is 1.58 bits per heavy atom. The number of hydrogen-bond acceptors (Lipinski definition) is 4. The molecule has 0 atom stereocenters. The molecule has 0 amide bonds. The first-order valence-electron chi connectivity index (χ1n) is 6.30. The maximum atomic E-state index is 13.5. The lowest BCUT2D eigenvalue weighted by Gasteiger charge is -2.08. The minimum atomic E-state index is -2.28. The monoisotopic (exact) mass is 345 g/mol. The van der Waals surface area contributed by atoms with Gasteiger partial charge in [-0.2, -0.15) is 5.10 Å². The van der Waals surface area contributed by atoms with Gasteiger partial charge in [0.2, 0.25) is 5.82 Å². The first-order chi connectivity index (χ1) is 11.2. The molecular weight excluding hydrogens is 337 g/mol. The van der Waals surface area contributed by atoms with Crippen LogP contribution in [0.2, 0.25) is 0 Å². The van der Waals surface area contributed by atoms with E-state index in [9.17, 15) is 32.1 Å². The Morgan fingerprint density at radius 1 is 1.04 bits per heavy atom. The number of nitrogens with zero attached hydrogens (tertiary/aromatic N) is 2. The zero-order valence-electron chi connectivity index (χ0n) is 11.9. The van der Waals surface area contributed by atoms with E-state index in [1.807, 2.05) is 0 Å². The lowest BCUT2D eigenvalue weighted by molar-refractivity contribution is -0.384. The van der Waals surface area contributed by atoms with E-state index in [0.29, 0.717) is 0 Å². The highest BCUT2D eigenvalue weighted by molar-refractivity contribution is 5.99. The van der Waals surface area contributed by atoms with Crippen molar-refractivity contribution in [2.75, 3.05) is 5.43 Å². The van der Waals surface area contributed by atoms with Crippen molar-refractivity contribution >= 4 is 17.1 Å². The molecule has 0 aliphatic rings. The van der Waals surface area contributed by atoms with Gasteiger partial charge in [0.15, 0.2) is 23.3 Å². The van der Waals surface area contributed by atoms with Crippen LogP contribution >= 0.6 is 0 Å². The summed E-state index contributed by atoms with van der Waals surface area (Å²) >= 11 is 0. The van der Waals surface area contributed by atoms with Gasteiger partial charge in [-0.1, -0.05) is 12.1 Å². The third kappa shape index (κ3) is 3.16. The normalized spacial score (nSPS) is 11.5. The van der Waals surface area contributed by atoms with Crippen LogP contribution in [-0.4, -0.2) is 10.6 Å². The molecule has 5 nitrogen and oxygen atoms in total. The second-order valence-corrected chi connectivity index (χ2v) is 4.56. The molecule has 0 saturated heterocycles. The van der Waals surface area contributed by atoms with E-state index in [2.05, 4.69) is 5.10 Å². The van der Waals surface area contributed by atoms with Gasteiger partial charge in [0.05, 0.1) is 10.6 Å². The summed E-state index contributed by atoms with van der Waals surface area (Å²) in [4.78, 5) is 10.0. The Hall–Kier alpha value is -3.04. The van der Waals surface area contributed by atoms with Gasteiger partial charge in [-0.25, -0.2) is 22.0 Å². The van der Waals surface area contributed by atoms with Gasteiger partial charge in [-0.15, -0.1) is 0 Å². The molecule has 2 aromatic carbocycles. The number of hydrogen-bond donors (Lipinski definition) is 1. The molecule has 0 spiro atoms. The van der Waals surface area contributed by atoms with Gasteiger partial charge in [0.1, 0.15) is 5.69 Å². The van der Waals surface area contributed by atoms with Gasteiger partial charge < -0.3 is 0 Å². The SMILES string of the molecule is CC(=NNc1c(F)c(F)c(F)c(F)c1F)c1cccc([N+](=O)[O-])c1. The molecule has 24 heavy (non-hydrogen) atoms. The fourth-order valence-electron chi connectivity index (χ4n) is 1.75. The van der Waals surface area contributed by atoms with Crippen LogP contribution in [-0.2, 0) is 0 Å². The van der Waals surface area contributed by atoms with Gasteiger partial charge in [-0.3, -0.25) is 15.5 Å². The minimum absolute atomic E-state index is 0.0302. The predicted molar refractivity (Wildman–Crippen MR) is 75.2 cm³/mol. The van der Waals surface area contributed by atoms with Crippen LogP contribution in [0.5, 0.6) is 0 Å². The van der Waals surface area contributed by atoms with E-state index in [0.717, 1.165) is 6.07 Å². The number of halogens is 5. The Morgan fingerprint density at radius 3 is 2.12 bits per heavy atom. The van der Waals surface area contributed by atoms with Crippen molar-refractivity contribution in [2.45, 2.75) is 6.92 Å². The summed E-state index contributed by atoms with van der Waals surface area (Å²) < 4.78 is 66.0. The smallest absolute Gasteiger partial charge is 0.270 e. The van der Waals surface area contributed by atoms with Crippen LogP contribution in [0, 0.1) is 39.2 Å². The number of hydrazone groups is 1. The summed E-state index contributed by atoms with van der Waals surface area (Å²) in [5, 5.41) is 14.2. The van der Waals surface area contributed by atoms with Crippen LogP contribution in [0.15, 0.2) is 29.4 Å². The molecule has 1 N–H and O–H groups in total. The second kappa shape index (κ2) is 6.60. The molecular formula is C14H8F5N3O2. The van der Waals surface area contributed by atoms with Crippen LogP contribution < -0.4 is 5.43 Å². The van der Waals surface area contributed by atoms with E-state index >= 15 is 0 Å². The van der Waals surface area contributed by atoms with Crippen molar-refractivity contribution in [3.8, 4) is 0 Å². The summed E-state index contributed by atoms with van der Waals surface area (Å²) in [7, 11) is 0. The minimum Gasteiger partial charge on any atom is -0.272 e. The molecule has 0 aliphatic heterocycles. The molecule has 2 rings (SSSR count). The third-order valence-corrected chi connectivity index (χ3v) is 3.02. The van der Waals surface area contributed by atoms with Crippen LogP contribution in [0.25, 0.3) is 0 Å². The Kier molecular flexibility index (Phi) is 4.77. The Balaban J connectivity index is 2.38. The van der Waals surface area contributed by atoms with Crippen LogP contribution in [0.1, 0.15) is 12.5 Å². The zero-order chi connectivity index (χ0) is 18.0. The number of nitro benzene ring substituents is 1. The number of rotatable bonds is 4. The molecule has 10 heteroatoms. The third-order valence-electron chi connectivity index (χ3n) is 3.02.